The lowest BCUT2D eigenvalue weighted by Gasteiger charge is -2.34. The summed E-state index contributed by atoms with van der Waals surface area (Å²) < 4.78 is 1.37. The van der Waals surface area contributed by atoms with Crippen molar-refractivity contribution in [2.75, 3.05) is 31.5 Å². The monoisotopic (exact) mass is 425 g/mol. The SMILES string of the molecule is CCc1cc2c(=O)n(CC(=O)N3CCN(C(=O)Nc4ccccc4)CC3)cnc2s1. The van der Waals surface area contributed by atoms with Crippen LogP contribution in [0.4, 0.5) is 10.5 Å². The summed E-state index contributed by atoms with van der Waals surface area (Å²) in [6, 6.07) is 11.0. The maximum absolute atomic E-state index is 12.7. The highest BCUT2D eigenvalue weighted by molar-refractivity contribution is 7.18. The van der Waals surface area contributed by atoms with Crippen molar-refractivity contribution in [3.8, 4) is 0 Å². The number of rotatable bonds is 4. The van der Waals surface area contributed by atoms with Gasteiger partial charge in [-0.1, -0.05) is 25.1 Å². The molecule has 2 aromatic heterocycles. The first-order chi connectivity index (χ1) is 14.5. The number of carbonyl (C=O) groups is 2. The van der Waals surface area contributed by atoms with E-state index in [0.717, 1.165) is 17.0 Å². The highest BCUT2D eigenvalue weighted by Crippen LogP contribution is 2.21. The fraction of sp³-hybridized carbons (Fsp3) is 0.333. The highest BCUT2D eigenvalue weighted by Gasteiger charge is 2.24. The zero-order valence-electron chi connectivity index (χ0n) is 16.7. The Kier molecular flexibility index (Phi) is 5.80. The number of thiophene rings is 1. The molecular weight excluding hydrogens is 402 g/mol. The van der Waals surface area contributed by atoms with Crippen LogP contribution in [0.1, 0.15) is 11.8 Å². The van der Waals surface area contributed by atoms with E-state index in [1.165, 1.54) is 22.2 Å². The molecule has 3 amide bonds. The van der Waals surface area contributed by atoms with Crippen molar-refractivity contribution in [3.05, 3.63) is 58.0 Å². The molecule has 9 heteroatoms. The van der Waals surface area contributed by atoms with Crippen molar-refractivity contribution in [2.24, 2.45) is 0 Å². The molecule has 1 saturated heterocycles. The summed E-state index contributed by atoms with van der Waals surface area (Å²) in [5.41, 5.74) is 0.549. The van der Waals surface area contributed by atoms with E-state index in [1.807, 2.05) is 43.3 Å². The van der Waals surface area contributed by atoms with E-state index in [-0.39, 0.29) is 24.0 Å². The molecule has 0 bridgehead atoms. The van der Waals surface area contributed by atoms with Crippen LogP contribution in [-0.2, 0) is 17.8 Å². The first-order valence-electron chi connectivity index (χ1n) is 9.91. The predicted molar refractivity (Wildman–Crippen MR) is 117 cm³/mol. The van der Waals surface area contributed by atoms with Crippen molar-refractivity contribution in [3.63, 3.8) is 0 Å². The molecule has 0 saturated carbocycles. The average Bonchev–Trinajstić information content (AvgIpc) is 3.21. The van der Waals surface area contributed by atoms with E-state index in [9.17, 15) is 14.4 Å². The number of benzene rings is 1. The summed E-state index contributed by atoms with van der Waals surface area (Å²) in [5, 5.41) is 3.42. The summed E-state index contributed by atoms with van der Waals surface area (Å²) in [5.74, 6) is -0.146. The van der Waals surface area contributed by atoms with E-state index < -0.39 is 0 Å². The molecule has 0 radical (unpaired) electrons. The molecule has 1 N–H and O–H groups in total. The maximum atomic E-state index is 12.7. The van der Waals surface area contributed by atoms with Crippen LogP contribution in [0.2, 0.25) is 0 Å². The summed E-state index contributed by atoms with van der Waals surface area (Å²) in [7, 11) is 0. The molecule has 0 aliphatic carbocycles. The van der Waals surface area contributed by atoms with Crippen molar-refractivity contribution >= 4 is 39.2 Å². The van der Waals surface area contributed by atoms with E-state index in [2.05, 4.69) is 10.3 Å². The number of aryl methyl sites for hydroxylation is 1. The number of fused-ring (bicyclic) bond motifs is 1. The third kappa shape index (κ3) is 4.20. The Labute approximate surface area is 177 Å². The first kappa shape index (κ1) is 20.1. The topological polar surface area (TPSA) is 87.5 Å². The third-order valence-electron chi connectivity index (χ3n) is 5.17. The highest BCUT2D eigenvalue weighted by atomic mass is 32.1. The van der Waals surface area contributed by atoms with Gasteiger partial charge in [0, 0.05) is 36.7 Å². The lowest BCUT2D eigenvalue weighted by molar-refractivity contribution is -0.133. The molecule has 8 nitrogen and oxygen atoms in total. The van der Waals surface area contributed by atoms with Gasteiger partial charge in [-0.25, -0.2) is 9.78 Å². The van der Waals surface area contributed by atoms with Gasteiger partial charge in [0.25, 0.3) is 5.56 Å². The minimum absolute atomic E-state index is 0.0463. The number of nitrogens with one attached hydrogen (secondary N) is 1. The Hall–Kier alpha value is -3.20. The molecule has 0 spiro atoms. The molecule has 0 atom stereocenters. The number of urea groups is 1. The van der Waals surface area contributed by atoms with Gasteiger partial charge in [-0.15, -0.1) is 11.3 Å². The second-order valence-corrected chi connectivity index (χ2v) is 8.24. The molecule has 4 rings (SSSR count). The summed E-state index contributed by atoms with van der Waals surface area (Å²) >= 11 is 1.51. The van der Waals surface area contributed by atoms with Gasteiger partial charge in [-0.2, -0.15) is 0 Å². The number of piperazine rings is 1. The standard InChI is InChI=1S/C21H23N5O3S/c1-2-16-12-17-19(30-16)22-14-26(20(17)28)13-18(27)24-8-10-25(11-9-24)21(29)23-15-6-4-3-5-7-15/h3-7,12,14H,2,8-11,13H2,1H3,(H,23,29). The molecule has 1 aromatic carbocycles. The van der Waals surface area contributed by atoms with Gasteiger partial charge < -0.3 is 15.1 Å². The molecule has 1 aliphatic heterocycles. The molecule has 156 valence electrons. The number of amides is 3. The summed E-state index contributed by atoms with van der Waals surface area (Å²) in [4.78, 5) is 47.3. The Morgan fingerprint density at radius 3 is 2.50 bits per heavy atom. The maximum Gasteiger partial charge on any atom is 0.321 e. The van der Waals surface area contributed by atoms with Crippen LogP contribution in [0, 0.1) is 0 Å². The van der Waals surface area contributed by atoms with E-state index >= 15 is 0 Å². The quantitative estimate of drug-likeness (QED) is 0.695. The van der Waals surface area contributed by atoms with Crippen LogP contribution < -0.4 is 10.9 Å². The number of hydrogen-bond donors (Lipinski definition) is 1. The van der Waals surface area contributed by atoms with Crippen LogP contribution >= 0.6 is 11.3 Å². The number of hydrogen-bond acceptors (Lipinski definition) is 5. The smallest absolute Gasteiger partial charge is 0.321 e. The molecule has 30 heavy (non-hydrogen) atoms. The largest absolute Gasteiger partial charge is 0.338 e. The number of para-hydroxylation sites is 1. The molecular formula is C21H23N5O3S. The van der Waals surface area contributed by atoms with E-state index in [1.54, 1.807) is 9.80 Å². The van der Waals surface area contributed by atoms with Gasteiger partial charge in [0.05, 0.1) is 11.7 Å². The number of aromatic nitrogens is 2. The molecule has 0 unspecified atom stereocenters. The van der Waals surface area contributed by atoms with Crippen LogP contribution in [0.15, 0.2) is 47.5 Å². The number of carbonyl (C=O) groups excluding carboxylic acids is 2. The summed E-state index contributed by atoms with van der Waals surface area (Å²) in [6.45, 7) is 3.75. The molecule has 3 aromatic rings. The molecule has 3 heterocycles. The summed E-state index contributed by atoms with van der Waals surface area (Å²) in [6.07, 6.45) is 2.30. The predicted octanol–water partition coefficient (Wildman–Crippen LogP) is 2.40. The Morgan fingerprint density at radius 1 is 1.10 bits per heavy atom. The Bertz CT molecular complexity index is 1120. The zero-order valence-corrected chi connectivity index (χ0v) is 17.5. The minimum atomic E-state index is -0.190. The van der Waals surface area contributed by atoms with Crippen molar-refractivity contribution in [2.45, 2.75) is 19.9 Å². The Balaban J connectivity index is 1.35. The van der Waals surface area contributed by atoms with E-state index in [0.29, 0.717) is 36.4 Å². The van der Waals surface area contributed by atoms with Gasteiger partial charge in [0.15, 0.2) is 0 Å². The number of nitrogens with zero attached hydrogens (tertiary/aromatic N) is 4. The van der Waals surface area contributed by atoms with Gasteiger partial charge in [-0.05, 0) is 24.6 Å². The molecule has 1 aliphatic rings. The van der Waals surface area contributed by atoms with Crippen LogP contribution in [0.25, 0.3) is 10.2 Å². The first-order valence-corrected chi connectivity index (χ1v) is 10.7. The van der Waals surface area contributed by atoms with Gasteiger partial charge in [0.2, 0.25) is 5.91 Å². The van der Waals surface area contributed by atoms with Crippen molar-refractivity contribution in [1.29, 1.82) is 0 Å². The average molecular weight is 426 g/mol. The normalized spacial score (nSPS) is 14.2. The van der Waals surface area contributed by atoms with Gasteiger partial charge in [-0.3, -0.25) is 14.2 Å². The third-order valence-corrected chi connectivity index (χ3v) is 6.36. The Morgan fingerprint density at radius 2 is 1.80 bits per heavy atom. The van der Waals surface area contributed by atoms with Gasteiger partial charge in [0.1, 0.15) is 11.4 Å². The number of anilines is 1. The zero-order chi connectivity index (χ0) is 21.1. The van der Waals surface area contributed by atoms with Crippen molar-refractivity contribution in [1.82, 2.24) is 19.4 Å². The van der Waals surface area contributed by atoms with Crippen LogP contribution in [0.3, 0.4) is 0 Å². The van der Waals surface area contributed by atoms with Crippen LogP contribution in [-0.4, -0.2) is 57.5 Å². The molecule has 1 fully saturated rings. The second kappa shape index (κ2) is 8.66. The lowest BCUT2D eigenvalue weighted by Crippen LogP contribution is -2.52. The van der Waals surface area contributed by atoms with Crippen molar-refractivity contribution < 1.29 is 9.59 Å². The van der Waals surface area contributed by atoms with E-state index in [4.69, 9.17) is 0 Å². The van der Waals surface area contributed by atoms with Crippen LogP contribution in [0.5, 0.6) is 0 Å². The lowest BCUT2D eigenvalue weighted by atomic mass is 10.3. The fourth-order valence-corrected chi connectivity index (χ4v) is 4.35. The second-order valence-electron chi connectivity index (χ2n) is 7.13. The minimum Gasteiger partial charge on any atom is -0.338 e. The fourth-order valence-electron chi connectivity index (χ4n) is 3.43. The van der Waals surface area contributed by atoms with Gasteiger partial charge >= 0.3 is 6.03 Å².